The Morgan fingerprint density at radius 1 is 1.26 bits per heavy atom. The van der Waals surface area contributed by atoms with Crippen LogP contribution in [0.4, 0.5) is 0 Å². The Morgan fingerprint density at radius 2 is 2.04 bits per heavy atom. The molecule has 0 amide bonds. The van der Waals surface area contributed by atoms with Gasteiger partial charge in [0.25, 0.3) is 5.56 Å². The first-order valence-electron chi connectivity index (χ1n) is 7.56. The summed E-state index contributed by atoms with van der Waals surface area (Å²) >= 11 is 0. The van der Waals surface area contributed by atoms with E-state index in [1.807, 2.05) is 36.4 Å². The molecule has 1 heterocycles. The van der Waals surface area contributed by atoms with E-state index in [0.717, 1.165) is 18.4 Å². The van der Waals surface area contributed by atoms with E-state index in [9.17, 15) is 9.59 Å². The normalized spacial score (nSPS) is 13.7. The summed E-state index contributed by atoms with van der Waals surface area (Å²) < 4.78 is 6.64. The molecule has 1 aromatic heterocycles. The predicted octanol–water partition coefficient (Wildman–Crippen LogP) is 2.91. The van der Waals surface area contributed by atoms with Gasteiger partial charge in [0.2, 0.25) is 0 Å². The molecule has 1 aliphatic rings. The second kappa shape index (κ2) is 6.52. The van der Waals surface area contributed by atoms with E-state index < -0.39 is 11.5 Å². The van der Waals surface area contributed by atoms with Gasteiger partial charge in [0.15, 0.2) is 0 Å². The molecule has 0 aliphatic heterocycles. The summed E-state index contributed by atoms with van der Waals surface area (Å²) in [7, 11) is 0. The van der Waals surface area contributed by atoms with Crippen molar-refractivity contribution in [2.24, 2.45) is 0 Å². The van der Waals surface area contributed by atoms with Gasteiger partial charge in [-0.1, -0.05) is 36.4 Å². The van der Waals surface area contributed by atoms with E-state index in [1.165, 1.54) is 4.68 Å². The zero-order valence-electron chi connectivity index (χ0n) is 12.9. The Balaban J connectivity index is 1.81. The lowest BCUT2D eigenvalue weighted by Gasteiger charge is -2.07. The smallest absolute Gasteiger partial charge is 0.346 e. The predicted molar refractivity (Wildman–Crippen MR) is 87.9 cm³/mol. The molecular formula is C18H18N2O3. The molecule has 0 fully saturated rings. The van der Waals surface area contributed by atoms with Gasteiger partial charge in [-0.05, 0) is 37.5 Å². The number of hydrogen-bond donors (Lipinski definition) is 1. The monoisotopic (exact) mass is 310 g/mol. The summed E-state index contributed by atoms with van der Waals surface area (Å²) in [6, 6.07) is 9.12. The van der Waals surface area contributed by atoms with Crippen molar-refractivity contribution in [1.82, 2.24) is 9.78 Å². The second-order valence-electron chi connectivity index (χ2n) is 5.42. The fraction of sp³-hybridized carbons (Fsp3) is 0.222. The zero-order chi connectivity index (χ0) is 16.2. The number of carbonyl (C=O) groups is 1. The molecule has 0 bridgehead atoms. The third-order valence-electron chi connectivity index (χ3n) is 3.73. The highest BCUT2D eigenvalue weighted by molar-refractivity contribution is 5.90. The van der Waals surface area contributed by atoms with Crippen molar-refractivity contribution in [3.8, 4) is 5.69 Å². The minimum Gasteiger partial charge on any atom is -0.457 e. The van der Waals surface area contributed by atoms with Crippen LogP contribution in [0.25, 0.3) is 5.69 Å². The van der Waals surface area contributed by atoms with Crippen molar-refractivity contribution in [3.63, 3.8) is 0 Å². The lowest BCUT2D eigenvalue weighted by atomic mass is 10.1. The van der Waals surface area contributed by atoms with Gasteiger partial charge < -0.3 is 4.74 Å². The summed E-state index contributed by atoms with van der Waals surface area (Å²) in [5.74, 6) is -0.599. The van der Waals surface area contributed by atoms with Crippen molar-refractivity contribution in [2.75, 3.05) is 6.61 Å². The van der Waals surface area contributed by atoms with Crippen molar-refractivity contribution in [3.05, 3.63) is 75.7 Å². The Kier molecular flexibility index (Phi) is 4.28. The van der Waals surface area contributed by atoms with Crippen molar-refractivity contribution >= 4 is 5.97 Å². The number of hydrogen-bond acceptors (Lipinski definition) is 3. The number of benzene rings is 1. The molecule has 1 N–H and O–H groups in total. The number of nitrogens with one attached hydrogen (secondary N) is 1. The van der Waals surface area contributed by atoms with Crippen LogP contribution in [0.1, 0.15) is 28.9 Å². The Morgan fingerprint density at radius 3 is 2.74 bits per heavy atom. The number of aromatic amines is 1. The standard InChI is InChI=1S/C18H18N2O3/c1-13-16(18(22)23-12-14-8-4-2-5-9-14)17(21)20(19-13)15-10-6-3-7-11-15/h3-4,6-11,19H,2,5,12H2,1H3. The van der Waals surface area contributed by atoms with Gasteiger partial charge in [-0.2, -0.15) is 0 Å². The first kappa shape index (κ1) is 15.1. The maximum Gasteiger partial charge on any atom is 0.346 e. The Labute approximate surface area is 133 Å². The van der Waals surface area contributed by atoms with Crippen LogP contribution < -0.4 is 5.56 Å². The summed E-state index contributed by atoms with van der Waals surface area (Å²) in [5, 5.41) is 2.92. The van der Waals surface area contributed by atoms with E-state index in [4.69, 9.17) is 4.74 Å². The highest BCUT2D eigenvalue weighted by atomic mass is 16.5. The number of rotatable bonds is 4. The summed E-state index contributed by atoms with van der Waals surface area (Å²) in [4.78, 5) is 24.8. The Hall–Kier alpha value is -2.82. The molecule has 0 radical (unpaired) electrons. The van der Waals surface area contributed by atoms with Gasteiger partial charge in [0, 0.05) is 5.69 Å². The molecule has 0 saturated heterocycles. The fourth-order valence-corrected chi connectivity index (χ4v) is 2.54. The number of H-pyrrole nitrogens is 1. The van der Waals surface area contributed by atoms with E-state index in [1.54, 1.807) is 19.1 Å². The molecule has 118 valence electrons. The first-order valence-corrected chi connectivity index (χ1v) is 7.56. The number of aryl methyl sites for hydroxylation is 1. The van der Waals surface area contributed by atoms with Gasteiger partial charge >= 0.3 is 5.97 Å². The lowest BCUT2D eigenvalue weighted by Crippen LogP contribution is -2.22. The van der Waals surface area contributed by atoms with Crippen LogP contribution in [0.2, 0.25) is 0 Å². The van der Waals surface area contributed by atoms with Gasteiger partial charge in [-0.15, -0.1) is 0 Å². The number of esters is 1. The topological polar surface area (TPSA) is 64.1 Å². The number of para-hydroxylation sites is 1. The van der Waals surface area contributed by atoms with Crippen LogP contribution in [-0.4, -0.2) is 22.4 Å². The number of carbonyl (C=O) groups excluding carboxylic acids is 1. The molecule has 2 aromatic rings. The number of aromatic nitrogens is 2. The van der Waals surface area contributed by atoms with Gasteiger partial charge in [-0.25, -0.2) is 9.48 Å². The van der Waals surface area contributed by atoms with Crippen molar-refractivity contribution < 1.29 is 9.53 Å². The average molecular weight is 310 g/mol. The molecule has 0 saturated carbocycles. The average Bonchev–Trinajstić information content (AvgIpc) is 2.89. The molecule has 3 rings (SSSR count). The van der Waals surface area contributed by atoms with Crippen molar-refractivity contribution in [1.29, 1.82) is 0 Å². The maximum absolute atomic E-state index is 12.5. The van der Waals surface area contributed by atoms with Gasteiger partial charge in [0.05, 0.1) is 5.69 Å². The quantitative estimate of drug-likeness (QED) is 0.883. The molecule has 1 aromatic carbocycles. The van der Waals surface area contributed by atoms with Crippen LogP contribution in [0, 0.1) is 6.92 Å². The van der Waals surface area contributed by atoms with E-state index in [0.29, 0.717) is 11.4 Å². The minimum atomic E-state index is -0.599. The summed E-state index contributed by atoms with van der Waals surface area (Å²) in [6.07, 6.45) is 8.00. The number of allylic oxidation sites excluding steroid dienone is 2. The summed E-state index contributed by atoms with van der Waals surface area (Å²) in [6.45, 7) is 1.88. The van der Waals surface area contributed by atoms with E-state index in [-0.39, 0.29) is 12.2 Å². The highest BCUT2D eigenvalue weighted by Crippen LogP contribution is 2.12. The van der Waals surface area contributed by atoms with Gasteiger partial charge in [0.1, 0.15) is 12.2 Å². The minimum absolute atomic E-state index is 0.0502. The number of nitrogens with zero attached hydrogens (tertiary/aromatic N) is 1. The summed E-state index contributed by atoms with van der Waals surface area (Å²) in [5.41, 5.74) is 1.79. The molecule has 0 atom stereocenters. The van der Waals surface area contributed by atoms with Gasteiger partial charge in [-0.3, -0.25) is 9.89 Å². The zero-order valence-corrected chi connectivity index (χ0v) is 12.9. The molecule has 0 spiro atoms. The maximum atomic E-state index is 12.5. The molecule has 1 aliphatic carbocycles. The number of ether oxygens (including phenoxy) is 1. The lowest BCUT2D eigenvalue weighted by molar-refractivity contribution is 0.0540. The third kappa shape index (κ3) is 3.18. The van der Waals surface area contributed by atoms with Crippen LogP contribution in [-0.2, 0) is 4.74 Å². The van der Waals surface area contributed by atoms with E-state index in [2.05, 4.69) is 5.10 Å². The van der Waals surface area contributed by atoms with Crippen LogP contribution >= 0.6 is 0 Å². The third-order valence-corrected chi connectivity index (χ3v) is 3.73. The van der Waals surface area contributed by atoms with Crippen molar-refractivity contribution in [2.45, 2.75) is 19.8 Å². The molecular weight excluding hydrogens is 292 g/mol. The van der Waals surface area contributed by atoms with E-state index >= 15 is 0 Å². The van der Waals surface area contributed by atoms with Crippen LogP contribution in [0.15, 0.2) is 58.9 Å². The SMILES string of the molecule is Cc1[nH]n(-c2ccccc2)c(=O)c1C(=O)OCC1=CCCC=C1. The molecule has 5 heteroatoms. The second-order valence-corrected chi connectivity index (χ2v) is 5.42. The molecule has 23 heavy (non-hydrogen) atoms. The van der Waals surface area contributed by atoms with Crippen LogP contribution in [0.5, 0.6) is 0 Å². The Bertz CT molecular complexity index is 826. The largest absolute Gasteiger partial charge is 0.457 e. The molecule has 0 unspecified atom stereocenters. The first-order chi connectivity index (χ1) is 11.2. The van der Waals surface area contributed by atoms with Crippen LogP contribution in [0.3, 0.4) is 0 Å². The highest BCUT2D eigenvalue weighted by Gasteiger charge is 2.21. The fourth-order valence-electron chi connectivity index (χ4n) is 2.54. The molecule has 5 nitrogen and oxygen atoms in total.